The van der Waals surface area contributed by atoms with Gasteiger partial charge in [0.2, 0.25) is 0 Å². The Bertz CT molecular complexity index is 459. The van der Waals surface area contributed by atoms with Gasteiger partial charge in [0, 0.05) is 30.6 Å². The van der Waals surface area contributed by atoms with Crippen LogP contribution in [0.1, 0.15) is 5.56 Å². The Morgan fingerprint density at radius 3 is 2.79 bits per heavy atom. The summed E-state index contributed by atoms with van der Waals surface area (Å²) in [5.74, 6) is 0.545. The number of nitrogen functional groups attached to an aromatic ring is 1. The molecule has 0 aliphatic carbocycles. The first-order valence-electron chi connectivity index (χ1n) is 4.38. The number of hydrogen-bond acceptors (Lipinski definition) is 3. The van der Waals surface area contributed by atoms with Crippen molar-refractivity contribution in [1.82, 2.24) is 14.8 Å². The number of nitrogens with two attached hydrogens (primary N) is 1. The van der Waals surface area contributed by atoms with Crippen LogP contribution in [0.25, 0.3) is 11.1 Å². The van der Waals surface area contributed by atoms with Crippen LogP contribution in [0.2, 0.25) is 0 Å². The third-order valence-corrected chi connectivity index (χ3v) is 2.07. The zero-order valence-electron chi connectivity index (χ0n) is 8.23. The van der Waals surface area contributed by atoms with Crippen molar-refractivity contribution in [3.05, 3.63) is 30.2 Å². The number of nitrogens with zero attached hydrogens (tertiary/aromatic N) is 3. The van der Waals surface area contributed by atoms with E-state index >= 15 is 0 Å². The molecular weight excluding hydrogens is 176 g/mol. The highest BCUT2D eigenvalue weighted by atomic mass is 15.2. The van der Waals surface area contributed by atoms with E-state index in [1.54, 1.807) is 17.1 Å². The van der Waals surface area contributed by atoms with E-state index in [0.29, 0.717) is 5.82 Å². The molecule has 2 N–H and O–H groups in total. The first kappa shape index (κ1) is 8.74. The zero-order chi connectivity index (χ0) is 10.1. The Morgan fingerprint density at radius 2 is 2.14 bits per heavy atom. The second kappa shape index (κ2) is 3.14. The predicted octanol–water partition coefficient (Wildman–Crippen LogP) is 1.37. The molecule has 0 aromatic carbocycles. The van der Waals surface area contributed by atoms with E-state index in [9.17, 15) is 0 Å². The van der Waals surface area contributed by atoms with Gasteiger partial charge >= 0.3 is 0 Å². The number of pyridine rings is 1. The highest BCUT2D eigenvalue weighted by Crippen LogP contribution is 2.23. The molecule has 14 heavy (non-hydrogen) atoms. The van der Waals surface area contributed by atoms with Gasteiger partial charge in [-0.05, 0) is 18.6 Å². The Balaban J connectivity index is 2.55. The molecular formula is C10H12N4. The SMILES string of the molecule is Cc1cnc(N)c(-c2cnn(C)c2)c1. The molecule has 72 valence electrons. The lowest BCUT2D eigenvalue weighted by Gasteiger charge is -2.02. The summed E-state index contributed by atoms with van der Waals surface area (Å²) in [6, 6.07) is 2.01. The van der Waals surface area contributed by atoms with E-state index in [-0.39, 0.29) is 0 Å². The first-order valence-corrected chi connectivity index (χ1v) is 4.38. The summed E-state index contributed by atoms with van der Waals surface area (Å²) in [7, 11) is 1.88. The summed E-state index contributed by atoms with van der Waals surface area (Å²) >= 11 is 0. The quantitative estimate of drug-likeness (QED) is 0.735. The van der Waals surface area contributed by atoms with E-state index in [1.165, 1.54) is 0 Å². The predicted molar refractivity (Wildman–Crippen MR) is 55.6 cm³/mol. The fraction of sp³-hybridized carbons (Fsp3) is 0.200. The van der Waals surface area contributed by atoms with Crippen molar-refractivity contribution in [2.45, 2.75) is 6.92 Å². The Morgan fingerprint density at radius 1 is 1.36 bits per heavy atom. The van der Waals surface area contributed by atoms with Gasteiger partial charge in [-0.1, -0.05) is 0 Å². The van der Waals surface area contributed by atoms with Gasteiger partial charge in [-0.2, -0.15) is 5.10 Å². The van der Waals surface area contributed by atoms with Crippen LogP contribution in [0.3, 0.4) is 0 Å². The van der Waals surface area contributed by atoms with Crippen LogP contribution in [0.4, 0.5) is 5.82 Å². The van der Waals surface area contributed by atoms with Crippen molar-refractivity contribution in [2.24, 2.45) is 7.05 Å². The van der Waals surface area contributed by atoms with Gasteiger partial charge in [0.1, 0.15) is 5.82 Å². The summed E-state index contributed by atoms with van der Waals surface area (Å²) < 4.78 is 1.75. The summed E-state index contributed by atoms with van der Waals surface area (Å²) in [4.78, 5) is 4.11. The maximum Gasteiger partial charge on any atom is 0.131 e. The molecule has 0 unspecified atom stereocenters. The largest absolute Gasteiger partial charge is 0.383 e. The molecule has 0 aliphatic rings. The maximum atomic E-state index is 5.78. The van der Waals surface area contributed by atoms with Gasteiger partial charge < -0.3 is 5.73 Å². The molecule has 4 heteroatoms. The number of rotatable bonds is 1. The molecule has 0 radical (unpaired) electrons. The molecule has 0 amide bonds. The van der Waals surface area contributed by atoms with E-state index in [0.717, 1.165) is 16.7 Å². The van der Waals surface area contributed by atoms with Crippen LogP contribution in [0.5, 0.6) is 0 Å². The lowest BCUT2D eigenvalue weighted by atomic mass is 10.1. The lowest BCUT2D eigenvalue weighted by Crippen LogP contribution is -1.94. The fourth-order valence-corrected chi connectivity index (χ4v) is 1.37. The fourth-order valence-electron chi connectivity index (χ4n) is 1.37. The van der Waals surface area contributed by atoms with Gasteiger partial charge in [0.25, 0.3) is 0 Å². The number of aryl methyl sites for hydroxylation is 2. The molecule has 0 spiro atoms. The smallest absolute Gasteiger partial charge is 0.131 e. The first-order chi connectivity index (χ1) is 6.66. The van der Waals surface area contributed by atoms with Crippen LogP contribution in [0.15, 0.2) is 24.7 Å². The van der Waals surface area contributed by atoms with Crippen molar-refractivity contribution in [1.29, 1.82) is 0 Å². The van der Waals surface area contributed by atoms with Gasteiger partial charge in [0.15, 0.2) is 0 Å². The molecule has 2 rings (SSSR count). The molecule has 0 saturated heterocycles. The van der Waals surface area contributed by atoms with Crippen molar-refractivity contribution in [2.75, 3.05) is 5.73 Å². The Hall–Kier alpha value is -1.84. The van der Waals surface area contributed by atoms with Gasteiger partial charge in [0.05, 0.1) is 6.20 Å². The molecule has 0 fully saturated rings. The van der Waals surface area contributed by atoms with Crippen LogP contribution >= 0.6 is 0 Å². The second-order valence-electron chi connectivity index (χ2n) is 3.35. The molecule has 0 bridgehead atoms. The summed E-state index contributed by atoms with van der Waals surface area (Å²) in [5.41, 5.74) is 8.82. The zero-order valence-corrected chi connectivity index (χ0v) is 8.23. The summed E-state index contributed by atoms with van der Waals surface area (Å²) in [5, 5.41) is 4.10. The highest BCUT2D eigenvalue weighted by molar-refractivity contribution is 5.73. The molecule has 4 nitrogen and oxygen atoms in total. The standard InChI is InChI=1S/C10H12N4/c1-7-3-9(10(11)12-4-7)8-5-13-14(2)6-8/h3-6H,1-2H3,(H2,11,12). The second-order valence-corrected chi connectivity index (χ2v) is 3.35. The van der Waals surface area contributed by atoms with E-state index < -0.39 is 0 Å². The normalized spacial score (nSPS) is 10.4. The lowest BCUT2D eigenvalue weighted by molar-refractivity contribution is 0.768. The number of aromatic nitrogens is 3. The van der Waals surface area contributed by atoms with Crippen LogP contribution in [-0.4, -0.2) is 14.8 Å². The maximum absolute atomic E-state index is 5.78. The summed E-state index contributed by atoms with van der Waals surface area (Å²) in [6.45, 7) is 1.99. The monoisotopic (exact) mass is 188 g/mol. The average Bonchev–Trinajstić information content (AvgIpc) is 2.56. The van der Waals surface area contributed by atoms with Crippen LogP contribution in [-0.2, 0) is 7.05 Å². The molecule has 0 aliphatic heterocycles. The highest BCUT2D eigenvalue weighted by Gasteiger charge is 2.05. The molecule has 0 saturated carbocycles. The van der Waals surface area contributed by atoms with Gasteiger partial charge in [-0.25, -0.2) is 4.98 Å². The molecule has 2 aromatic heterocycles. The van der Waals surface area contributed by atoms with E-state index in [2.05, 4.69) is 10.1 Å². The minimum Gasteiger partial charge on any atom is -0.383 e. The van der Waals surface area contributed by atoms with Gasteiger partial charge in [-0.15, -0.1) is 0 Å². The molecule has 0 atom stereocenters. The van der Waals surface area contributed by atoms with Crippen molar-refractivity contribution in [3.8, 4) is 11.1 Å². The third-order valence-electron chi connectivity index (χ3n) is 2.07. The minimum atomic E-state index is 0.545. The van der Waals surface area contributed by atoms with Crippen molar-refractivity contribution < 1.29 is 0 Å². The van der Waals surface area contributed by atoms with Gasteiger partial charge in [-0.3, -0.25) is 4.68 Å². The molecule has 2 aromatic rings. The number of hydrogen-bond donors (Lipinski definition) is 1. The van der Waals surface area contributed by atoms with E-state index in [4.69, 9.17) is 5.73 Å². The van der Waals surface area contributed by atoms with Crippen LogP contribution < -0.4 is 5.73 Å². The van der Waals surface area contributed by atoms with Crippen LogP contribution in [0, 0.1) is 6.92 Å². The van der Waals surface area contributed by atoms with E-state index in [1.807, 2.05) is 26.2 Å². The Labute approximate surface area is 82.4 Å². The number of anilines is 1. The Kier molecular flexibility index (Phi) is 1.96. The van der Waals surface area contributed by atoms with Crippen molar-refractivity contribution in [3.63, 3.8) is 0 Å². The molecule has 2 heterocycles. The van der Waals surface area contributed by atoms with Crippen molar-refractivity contribution >= 4 is 5.82 Å². The average molecular weight is 188 g/mol. The third kappa shape index (κ3) is 1.46. The minimum absolute atomic E-state index is 0.545. The topological polar surface area (TPSA) is 56.7 Å². The summed E-state index contributed by atoms with van der Waals surface area (Å²) in [6.07, 6.45) is 5.47.